The number of ketones is 1. The predicted octanol–water partition coefficient (Wildman–Crippen LogP) is 1.33. The number of fused-ring (bicyclic) bond motifs is 2. The lowest BCUT2D eigenvalue weighted by Crippen LogP contribution is -2.48. The molecule has 0 unspecified atom stereocenters. The average Bonchev–Trinajstić information content (AvgIpc) is 3.22. The van der Waals surface area contributed by atoms with Crippen LogP contribution in [0.1, 0.15) is 21.8 Å². The fraction of sp³-hybridized carbons (Fsp3) is 0.320. The monoisotopic (exact) mass is 498 g/mol. The second-order valence-corrected chi connectivity index (χ2v) is 8.94. The number of ether oxygens (including phenoxy) is 3. The van der Waals surface area contributed by atoms with Gasteiger partial charge in [0.2, 0.25) is 5.78 Å². The normalized spacial score (nSPS) is 28.9. The van der Waals surface area contributed by atoms with Crippen molar-refractivity contribution in [2.24, 2.45) is 17.8 Å². The molecule has 0 amide bonds. The van der Waals surface area contributed by atoms with Crippen molar-refractivity contribution in [3.63, 3.8) is 0 Å². The smallest absolute Gasteiger partial charge is 0.313 e. The summed E-state index contributed by atoms with van der Waals surface area (Å²) in [6, 6.07) is 6.40. The Morgan fingerprint density at radius 1 is 1.08 bits per heavy atom. The van der Waals surface area contributed by atoms with Gasteiger partial charge in [0.1, 0.15) is 22.8 Å². The van der Waals surface area contributed by atoms with Crippen molar-refractivity contribution in [3.8, 4) is 28.7 Å². The molecule has 2 aromatic carbocycles. The number of hydrogen-bond donors (Lipinski definition) is 5. The molecule has 0 spiro atoms. The number of carbonyl (C=O) groups is 3. The van der Waals surface area contributed by atoms with Gasteiger partial charge >= 0.3 is 11.9 Å². The van der Waals surface area contributed by atoms with Crippen LogP contribution in [0.15, 0.2) is 42.0 Å². The molecule has 0 aromatic heterocycles. The molecular weight excluding hydrogens is 476 g/mol. The topological polar surface area (TPSA) is 180 Å². The maximum Gasteiger partial charge on any atom is 0.313 e. The summed E-state index contributed by atoms with van der Waals surface area (Å²) in [5.74, 6) is -7.73. The SMILES string of the molecule is COc1cc([C@@H]2[C@H]3COC(=O)[C@H]3C([C@H]3Oc4cc(O)cc(O)c4C(=O)[C@@H]3O)=C[C@H]2C(=O)O)ccc1O. The minimum atomic E-state index is -1.85. The van der Waals surface area contributed by atoms with Crippen LogP contribution >= 0.6 is 0 Å². The Hall–Kier alpha value is -4.25. The van der Waals surface area contributed by atoms with E-state index in [1.165, 1.54) is 31.4 Å². The molecule has 3 aliphatic rings. The summed E-state index contributed by atoms with van der Waals surface area (Å²) in [5, 5.41) is 50.8. The zero-order chi connectivity index (χ0) is 25.9. The molecule has 2 aliphatic heterocycles. The lowest BCUT2D eigenvalue weighted by Gasteiger charge is -2.40. The van der Waals surface area contributed by atoms with E-state index in [1.807, 2.05) is 0 Å². The second kappa shape index (κ2) is 8.45. The van der Waals surface area contributed by atoms with Gasteiger partial charge in [-0.2, -0.15) is 0 Å². The fourth-order valence-electron chi connectivity index (χ4n) is 5.43. The van der Waals surface area contributed by atoms with Gasteiger partial charge in [0.05, 0.1) is 25.6 Å². The van der Waals surface area contributed by atoms with E-state index in [4.69, 9.17) is 14.2 Å². The zero-order valence-corrected chi connectivity index (χ0v) is 18.8. The number of methoxy groups -OCH3 is 1. The van der Waals surface area contributed by atoms with E-state index in [2.05, 4.69) is 0 Å². The molecule has 5 rings (SSSR count). The number of Topliss-reactive ketones (excluding diaryl/α,β-unsaturated/α-hetero) is 1. The number of aliphatic hydroxyl groups excluding tert-OH is 1. The summed E-state index contributed by atoms with van der Waals surface area (Å²) >= 11 is 0. The number of carboxylic acids is 1. The highest BCUT2D eigenvalue weighted by atomic mass is 16.5. The van der Waals surface area contributed by atoms with Crippen LogP contribution in [0, 0.1) is 17.8 Å². The Morgan fingerprint density at radius 2 is 1.83 bits per heavy atom. The lowest BCUT2D eigenvalue weighted by molar-refractivity contribution is -0.143. The summed E-state index contributed by atoms with van der Waals surface area (Å²) in [5.41, 5.74) is 0.218. The summed E-state index contributed by atoms with van der Waals surface area (Å²) < 4.78 is 16.2. The third-order valence-corrected chi connectivity index (χ3v) is 7.00. The van der Waals surface area contributed by atoms with Crippen molar-refractivity contribution < 1.29 is 54.1 Å². The number of carbonyl (C=O) groups excluding carboxylic acids is 2. The van der Waals surface area contributed by atoms with E-state index in [-0.39, 0.29) is 35.0 Å². The molecule has 0 radical (unpaired) electrons. The van der Waals surface area contributed by atoms with Crippen molar-refractivity contribution in [1.29, 1.82) is 0 Å². The van der Waals surface area contributed by atoms with E-state index in [0.717, 1.165) is 12.1 Å². The summed E-state index contributed by atoms with van der Waals surface area (Å²) in [4.78, 5) is 38.2. The maximum atomic E-state index is 12.9. The number of rotatable bonds is 4. The molecule has 188 valence electrons. The first-order valence-corrected chi connectivity index (χ1v) is 11.0. The van der Waals surface area contributed by atoms with Crippen LogP contribution in [-0.4, -0.2) is 69.2 Å². The van der Waals surface area contributed by atoms with Gasteiger partial charge in [-0.25, -0.2) is 0 Å². The van der Waals surface area contributed by atoms with Crippen LogP contribution in [0.5, 0.6) is 28.7 Å². The van der Waals surface area contributed by atoms with Crippen LogP contribution < -0.4 is 9.47 Å². The number of cyclic esters (lactones) is 1. The van der Waals surface area contributed by atoms with Gasteiger partial charge in [0.15, 0.2) is 23.7 Å². The second-order valence-electron chi connectivity index (χ2n) is 8.94. The number of aromatic hydroxyl groups is 3. The van der Waals surface area contributed by atoms with Gasteiger partial charge in [-0.05, 0) is 23.3 Å². The van der Waals surface area contributed by atoms with Crippen LogP contribution in [0.2, 0.25) is 0 Å². The molecule has 5 N–H and O–H groups in total. The van der Waals surface area contributed by atoms with Gasteiger partial charge in [0, 0.05) is 24.0 Å². The first-order chi connectivity index (χ1) is 17.1. The van der Waals surface area contributed by atoms with Crippen molar-refractivity contribution in [1.82, 2.24) is 0 Å². The Labute approximate surface area is 203 Å². The molecular formula is C25H22O11. The first-order valence-electron chi connectivity index (χ1n) is 11.0. The maximum absolute atomic E-state index is 12.9. The molecule has 1 saturated heterocycles. The number of carboxylic acid groups (broad SMARTS) is 1. The number of benzene rings is 2. The Bertz CT molecular complexity index is 1310. The quantitative estimate of drug-likeness (QED) is 0.303. The van der Waals surface area contributed by atoms with Crippen molar-refractivity contribution in [2.45, 2.75) is 18.1 Å². The minimum absolute atomic E-state index is 0.0613. The molecule has 0 saturated carbocycles. The van der Waals surface area contributed by atoms with Crippen molar-refractivity contribution in [3.05, 3.63) is 53.1 Å². The highest BCUT2D eigenvalue weighted by Crippen LogP contribution is 2.51. The van der Waals surface area contributed by atoms with Crippen molar-refractivity contribution >= 4 is 17.7 Å². The molecule has 0 bridgehead atoms. The number of esters is 1. The van der Waals surface area contributed by atoms with Crippen LogP contribution in [0.25, 0.3) is 0 Å². The number of phenols is 3. The number of aliphatic hydroxyl groups is 1. The molecule has 11 heteroatoms. The largest absolute Gasteiger partial charge is 0.508 e. The van der Waals surface area contributed by atoms with Crippen LogP contribution in [0.3, 0.4) is 0 Å². The van der Waals surface area contributed by atoms with E-state index in [9.17, 15) is 39.9 Å². The Morgan fingerprint density at radius 3 is 2.53 bits per heavy atom. The van der Waals surface area contributed by atoms with Crippen LogP contribution in [0.4, 0.5) is 0 Å². The van der Waals surface area contributed by atoms with Gasteiger partial charge in [-0.3, -0.25) is 14.4 Å². The third kappa shape index (κ3) is 3.51. The van der Waals surface area contributed by atoms with E-state index in [0.29, 0.717) is 5.56 Å². The predicted molar refractivity (Wildman–Crippen MR) is 119 cm³/mol. The molecule has 1 aliphatic carbocycles. The lowest BCUT2D eigenvalue weighted by atomic mass is 9.64. The van der Waals surface area contributed by atoms with Gasteiger partial charge in [0.25, 0.3) is 0 Å². The summed E-state index contributed by atoms with van der Waals surface area (Å²) in [6.07, 6.45) is -2.02. The number of phenolic OH excluding ortho intramolecular Hbond substituents is 3. The standard InChI is InChI=1S/C25H22O11/c1-34-16-4-9(2-3-14(16)27)18-12(24(31)32)7-11(19-13(18)8-35-25(19)33)23-22(30)21(29)20-15(28)5-10(26)6-17(20)36-23/h2-7,12-13,18-19,22-23,26-28,30H,8H2,1H3,(H,31,32)/t12-,13-,18+,19+,22+,23-/m1/s1. The molecule has 1 fully saturated rings. The fourth-order valence-corrected chi connectivity index (χ4v) is 5.43. The third-order valence-electron chi connectivity index (χ3n) is 7.00. The molecule has 6 atom stereocenters. The Kier molecular flexibility index (Phi) is 5.51. The minimum Gasteiger partial charge on any atom is -0.508 e. The molecule has 36 heavy (non-hydrogen) atoms. The van der Waals surface area contributed by atoms with E-state index >= 15 is 0 Å². The van der Waals surface area contributed by atoms with E-state index in [1.54, 1.807) is 0 Å². The number of hydrogen-bond acceptors (Lipinski definition) is 10. The summed E-state index contributed by atoms with van der Waals surface area (Å²) in [7, 11) is 1.35. The van der Waals surface area contributed by atoms with Gasteiger partial charge in [-0.1, -0.05) is 12.1 Å². The van der Waals surface area contributed by atoms with E-state index < -0.39 is 65.1 Å². The van der Waals surface area contributed by atoms with Crippen LogP contribution in [-0.2, 0) is 14.3 Å². The first kappa shape index (κ1) is 23.5. The number of aliphatic carboxylic acids is 1. The highest BCUT2D eigenvalue weighted by Gasteiger charge is 2.55. The van der Waals surface area contributed by atoms with Crippen molar-refractivity contribution in [2.75, 3.05) is 13.7 Å². The average molecular weight is 498 g/mol. The molecule has 2 heterocycles. The molecule has 2 aromatic rings. The van der Waals surface area contributed by atoms with Gasteiger partial charge < -0.3 is 39.7 Å². The summed E-state index contributed by atoms with van der Waals surface area (Å²) in [6.45, 7) is -0.118. The van der Waals surface area contributed by atoms with Gasteiger partial charge in [-0.15, -0.1) is 0 Å². The zero-order valence-electron chi connectivity index (χ0n) is 18.8. The molecule has 11 nitrogen and oxygen atoms in total. The highest BCUT2D eigenvalue weighted by molar-refractivity contribution is 6.06. The Balaban J connectivity index is 1.63.